The van der Waals surface area contributed by atoms with Crippen LogP contribution in [0.3, 0.4) is 0 Å². The maximum Gasteiger partial charge on any atom is 0.398 e. The van der Waals surface area contributed by atoms with Crippen molar-refractivity contribution in [2.45, 2.75) is 107 Å². The Bertz CT molecular complexity index is 821. The first-order valence-corrected chi connectivity index (χ1v) is 18.1. The highest BCUT2D eigenvalue weighted by Gasteiger charge is 2.38. The number of hydrogen-bond acceptors (Lipinski definition) is 10. The van der Waals surface area contributed by atoms with Gasteiger partial charge in [-0.15, -0.1) is 0 Å². The highest BCUT2D eigenvalue weighted by molar-refractivity contribution is 7.62. The van der Waals surface area contributed by atoms with E-state index >= 15 is 0 Å². The summed E-state index contributed by atoms with van der Waals surface area (Å²) in [6, 6.07) is 0. The van der Waals surface area contributed by atoms with Gasteiger partial charge in [0.05, 0.1) is 26.4 Å². The average molecular weight is 593 g/mol. The number of hydrogen-bond donors (Lipinski definition) is 0. The minimum absolute atomic E-state index is 0.135. The van der Waals surface area contributed by atoms with Gasteiger partial charge in [-0.1, -0.05) is 66.2 Å². The van der Waals surface area contributed by atoms with Crippen LogP contribution in [0.25, 0.3) is 0 Å². The number of aromatic nitrogens is 3. The Balaban J connectivity index is 3.82. The van der Waals surface area contributed by atoms with E-state index in [1.165, 1.54) is 0 Å². The highest BCUT2D eigenvalue weighted by Crippen LogP contribution is 2.48. The topological polar surface area (TPSA) is 113 Å². The Morgan fingerprint density at radius 1 is 0.615 bits per heavy atom. The predicted molar refractivity (Wildman–Crippen MR) is 160 cm³/mol. The molecule has 0 amide bonds. The smallest absolute Gasteiger partial charge is 0.340 e. The second-order valence-corrected chi connectivity index (χ2v) is 13.5. The van der Waals surface area contributed by atoms with Crippen molar-refractivity contribution < 1.29 is 27.2 Å². The zero-order chi connectivity index (χ0) is 29.3. The predicted octanol–water partition coefficient (Wildman–Crippen LogP) is 6.89. The summed E-state index contributed by atoms with van der Waals surface area (Å²) in [7, 11) is -7.82. The molecule has 12 heteroatoms. The molecule has 0 aromatic carbocycles. The Morgan fingerprint density at radius 3 is 1.26 bits per heavy atom. The Hall–Kier alpha value is -0.890. The van der Waals surface area contributed by atoms with E-state index in [1.54, 1.807) is 27.7 Å². The van der Waals surface area contributed by atoms with Gasteiger partial charge in [-0.3, -0.25) is 9.13 Å². The third kappa shape index (κ3) is 11.5. The summed E-state index contributed by atoms with van der Waals surface area (Å²) in [6.07, 6.45) is 8.74. The van der Waals surface area contributed by atoms with Crippen molar-refractivity contribution >= 4 is 32.3 Å². The summed E-state index contributed by atoms with van der Waals surface area (Å²) >= 11 is 0. The van der Waals surface area contributed by atoms with Gasteiger partial charge in [-0.2, -0.15) is 15.0 Å². The Labute approximate surface area is 237 Å². The SMILES string of the molecule is CCCCC(CC)CN(CC(CC)CCCC)c1nc(P(=O)(OCC)OCC)nc(P(=O)(OCC)OCC)n1. The minimum Gasteiger partial charge on any atom is -0.340 e. The van der Waals surface area contributed by atoms with Crippen LogP contribution in [-0.4, -0.2) is 54.5 Å². The molecule has 0 fully saturated rings. The molecule has 2 unspecified atom stereocenters. The molecule has 228 valence electrons. The van der Waals surface area contributed by atoms with Crippen LogP contribution in [0.4, 0.5) is 5.95 Å². The fourth-order valence-electron chi connectivity index (χ4n) is 4.41. The van der Waals surface area contributed by atoms with E-state index < -0.39 is 15.2 Å². The van der Waals surface area contributed by atoms with Crippen LogP contribution in [-0.2, 0) is 27.2 Å². The molecule has 0 bridgehead atoms. The van der Waals surface area contributed by atoms with Crippen molar-refractivity contribution in [1.82, 2.24) is 15.0 Å². The monoisotopic (exact) mass is 592 g/mol. The molecule has 1 aromatic rings. The molecule has 2 atom stereocenters. The third-order valence-corrected chi connectivity index (χ3v) is 10.4. The molecule has 0 radical (unpaired) electrons. The van der Waals surface area contributed by atoms with E-state index in [2.05, 4.69) is 47.5 Å². The normalized spacial score (nSPS) is 13.9. The molecule has 0 saturated heterocycles. The zero-order valence-electron chi connectivity index (χ0n) is 25.7. The summed E-state index contributed by atoms with van der Waals surface area (Å²) in [6.45, 7) is 17.7. The molecule has 39 heavy (non-hydrogen) atoms. The largest absolute Gasteiger partial charge is 0.398 e. The van der Waals surface area contributed by atoms with Crippen molar-refractivity contribution in [3.8, 4) is 0 Å². The second kappa shape index (κ2) is 19.3. The molecule has 0 spiro atoms. The molecule has 0 saturated carbocycles. The summed E-state index contributed by atoms with van der Waals surface area (Å²) in [5.41, 5.74) is -0.335. The molecule has 0 aliphatic rings. The van der Waals surface area contributed by atoms with Gasteiger partial charge in [0.25, 0.3) is 0 Å². The van der Waals surface area contributed by atoms with Crippen molar-refractivity contribution in [2.75, 3.05) is 44.4 Å². The molecule has 1 aromatic heterocycles. The highest BCUT2D eigenvalue weighted by atomic mass is 31.2. The first-order valence-electron chi connectivity index (χ1n) is 15.0. The zero-order valence-corrected chi connectivity index (χ0v) is 27.5. The number of rotatable bonds is 23. The van der Waals surface area contributed by atoms with Crippen LogP contribution in [0.15, 0.2) is 0 Å². The molecule has 1 heterocycles. The van der Waals surface area contributed by atoms with E-state index in [9.17, 15) is 9.13 Å². The van der Waals surface area contributed by atoms with E-state index in [0.717, 1.165) is 64.5 Å². The van der Waals surface area contributed by atoms with Crippen molar-refractivity contribution in [1.29, 1.82) is 0 Å². The van der Waals surface area contributed by atoms with Crippen LogP contribution >= 0.6 is 15.2 Å². The maximum absolute atomic E-state index is 13.8. The lowest BCUT2D eigenvalue weighted by molar-refractivity contribution is 0.227. The number of anilines is 1. The van der Waals surface area contributed by atoms with E-state index in [4.69, 9.17) is 18.1 Å². The van der Waals surface area contributed by atoms with Gasteiger partial charge < -0.3 is 23.0 Å². The molecular formula is C27H54N4O6P2. The standard InChI is InChI=1S/C27H54N4O6P2/c1-9-17-19-23(11-3)21-31(22-24(12-4)20-18-10-2)25-28-26(38(32,34-13-5)35-14-6)30-27(29-25)39(33,36-15-7)37-16-8/h23-24H,9-22H2,1-8H3. The van der Waals surface area contributed by atoms with Crippen molar-refractivity contribution in [3.05, 3.63) is 0 Å². The first kappa shape index (κ1) is 36.1. The quantitative estimate of drug-likeness (QED) is 0.124. The van der Waals surface area contributed by atoms with Crippen molar-refractivity contribution in [3.63, 3.8) is 0 Å². The van der Waals surface area contributed by atoms with Crippen LogP contribution in [0.1, 0.15) is 107 Å². The minimum atomic E-state index is -3.91. The lowest BCUT2D eigenvalue weighted by atomic mass is 9.96. The van der Waals surface area contributed by atoms with E-state index in [0.29, 0.717) is 17.8 Å². The second-order valence-electron chi connectivity index (χ2n) is 9.64. The maximum atomic E-state index is 13.8. The average Bonchev–Trinajstić information content (AvgIpc) is 2.92. The Morgan fingerprint density at radius 2 is 0.974 bits per heavy atom. The van der Waals surface area contributed by atoms with Crippen LogP contribution in [0.5, 0.6) is 0 Å². The Kier molecular flexibility index (Phi) is 17.9. The van der Waals surface area contributed by atoms with Gasteiger partial charge in [0.2, 0.25) is 17.1 Å². The fourth-order valence-corrected chi connectivity index (χ4v) is 7.32. The summed E-state index contributed by atoms with van der Waals surface area (Å²) in [5.74, 6) is 1.15. The van der Waals surface area contributed by atoms with Crippen LogP contribution in [0, 0.1) is 11.8 Å². The van der Waals surface area contributed by atoms with Gasteiger partial charge in [-0.25, -0.2) is 0 Å². The summed E-state index contributed by atoms with van der Waals surface area (Å²) in [4.78, 5) is 15.8. The molecule has 0 aliphatic carbocycles. The molecule has 0 N–H and O–H groups in total. The first-order chi connectivity index (χ1) is 18.7. The molecule has 1 rings (SSSR count). The summed E-state index contributed by atoms with van der Waals surface area (Å²) in [5, 5.41) is 0. The molecule has 10 nitrogen and oxygen atoms in total. The fraction of sp³-hybridized carbons (Fsp3) is 0.889. The third-order valence-electron chi connectivity index (χ3n) is 6.61. The molecule has 0 aliphatic heterocycles. The lowest BCUT2D eigenvalue weighted by Crippen LogP contribution is -2.39. The number of nitrogens with zero attached hydrogens (tertiary/aromatic N) is 4. The van der Waals surface area contributed by atoms with Gasteiger partial charge in [0.1, 0.15) is 0 Å². The van der Waals surface area contributed by atoms with Crippen molar-refractivity contribution in [2.24, 2.45) is 11.8 Å². The van der Waals surface area contributed by atoms with Gasteiger partial charge in [0.15, 0.2) is 0 Å². The van der Waals surface area contributed by atoms with Crippen LogP contribution < -0.4 is 16.0 Å². The van der Waals surface area contributed by atoms with Gasteiger partial charge in [-0.05, 0) is 52.4 Å². The lowest BCUT2D eigenvalue weighted by Gasteiger charge is -2.31. The molecular weight excluding hydrogens is 538 g/mol. The van der Waals surface area contributed by atoms with Gasteiger partial charge in [0, 0.05) is 13.1 Å². The van der Waals surface area contributed by atoms with Crippen LogP contribution in [0.2, 0.25) is 0 Å². The number of unbranched alkanes of at least 4 members (excludes halogenated alkanes) is 2. The van der Waals surface area contributed by atoms with E-state index in [1.807, 2.05) is 0 Å². The van der Waals surface area contributed by atoms with Gasteiger partial charge >= 0.3 is 15.2 Å². The van der Waals surface area contributed by atoms with E-state index in [-0.39, 0.29) is 37.6 Å². The summed E-state index contributed by atoms with van der Waals surface area (Å²) < 4.78 is 50.0.